The van der Waals surface area contributed by atoms with Crippen molar-refractivity contribution in [1.82, 2.24) is 9.97 Å². The molecule has 3 nitrogen and oxygen atoms in total. The molecule has 0 aliphatic carbocycles. The second-order valence-electron chi connectivity index (χ2n) is 9.38. The van der Waals surface area contributed by atoms with Crippen LogP contribution >= 0.6 is 0 Å². The Morgan fingerprint density at radius 3 is 1.68 bits per heavy atom. The minimum atomic E-state index is 0.445. The number of unbranched alkanes of at least 4 members (excludes halogenated alkanes) is 11. The van der Waals surface area contributed by atoms with Gasteiger partial charge in [0.15, 0.2) is 0 Å². The monoisotopic (exact) mass is 391 g/mol. The fourth-order valence-corrected chi connectivity index (χ4v) is 3.99. The summed E-state index contributed by atoms with van der Waals surface area (Å²) in [7, 11) is 0. The average Bonchev–Trinajstić information content (AvgIpc) is 3.07. The van der Waals surface area contributed by atoms with Crippen LogP contribution in [0.4, 0.5) is 0 Å². The van der Waals surface area contributed by atoms with Gasteiger partial charge >= 0.3 is 0 Å². The molecule has 0 saturated heterocycles. The van der Waals surface area contributed by atoms with Gasteiger partial charge in [-0.1, -0.05) is 97.3 Å². The normalized spacial score (nSPS) is 12.8. The average molecular weight is 392 g/mol. The fourth-order valence-electron chi connectivity index (χ4n) is 3.99. The molecule has 3 N–H and O–H groups in total. The van der Waals surface area contributed by atoms with Gasteiger partial charge in [-0.2, -0.15) is 0 Å². The van der Waals surface area contributed by atoms with Gasteiger partial charge in [0.1, 0.15) is 5.82 Å². The second kappa shape index (κ2) is 17.1. The van der Waals surface area contributed by atoms with Crippen molar-refractivity contribution in [2.75, 3.05) is 0 Å². The van der Waals surface area contributed by atoms with E-state index in [0.717, 1.165) is 18.2 Å². The molecular weight excluding hydrogens is 342 g/mol. The van der Waals surface area contributed by atoms with E-state index in [9.17, 15) is 0 Å². The Kier molecular flexibility index (Phi) is 15.4. The number of nitrogens with one attached hydrogen (secondary N) is 1. The first-order valence-electron chi connectivity index (χ1n) is 12.3. The minimum Gasteiger partial charge on any atom is -0.346 e. The van der Waals surface area contributed by atoms with Gasteiger partial charge in [0.25, 0.3) is 0 Å². The molecule has 1 aromatic heterocycles. The van der Waals surface area contributed by atoms with Gasteiger partial charge in [0, 0.05) is 24.4 Å². The lowest BCUT2D eigenvalue weighted by Gasteiger charge is -2.11. The van der Waals surface area contributed by atoms with Gasteiger partial charge in [-0.15, -0.1) is 0 Å². The minimum absolute atomic E-state index is 0.445. The largest absolute Gasteiger partial charge is 0.346 e. The van der Waals surface area contributed by atoms with Crippen molar-refractivity contribution in [2.24, 2.45) is 11.7 Å². The summed E-state index contributed by atoms with van der Waals surface area (Å²) in [4.78, 5) is 7.69. The van der Waals surface area contributed by atoms with Crippen LogP contribution < -0.4 is 5.73 Å². The molecule has 0 aliphatic heterocycles. The summed E-state index contributed by atoms with van der Waals surface area (Å²) in [5, 5.41) is 0. The van der Waals surface area contributed by atoms with Crippen LogP contribution in [0.25, 0.3) is 0 Å². The molecular formula is C25H49N3. The molecule has 28 heavy (non-hydrogen) atoms. The van der Waals surface area contributed by atoms with Gasteiger partial charge in [-0.25, -0.2) is 4.98 Å². The van der Waals surface area contributed by atoms with Crippen LogP contribution in [0, 0.1) is 12.8 Å². The molecule has 0 aliphatic rings. The van der Waals surface area contributed by atoms with Gasteiger partial charge in [-0.05, 0) is 32.1 Å². The summed E-state index contributed by atoms with van der Waals surface area (Å²) in [6.07, 6.45) is 24.7. The number of nitrogens with zero attached hydrogens (tertiary/aromatic N) is 1. The number of aromatic nitrogens is 2. The Hall–Kier alpha value is -0.830. The van der Waals surface area contributed by atoms with Crippen molar-refractivity contribution in [3.8, 4) is 0 Å². The third-order valence-corrected chi connectivity index (χ3v) is 5.85. The Morgan fingerprint density at radius 1 is 0.750 bits per heavy atom. The van der Waals surface area contributed by atoms with Crippen molar-refractivity contribution in [3.05, 3.63) is 17.7 Å². The number of aryl methyl sites for hydroxylation is 2. The zero-order chi connectivity index (χ0) is 20.5. The van der Waals surface area contributed by atoms with Gasteiger partial charge in [0.2, 0.25) is 0 Å². The molecule has 1 aromatic rings. The van der Waals surface area contributed by atoms with Gasteiger partial charge in [-0.3, -0.25) is 0 Å². The molecule has 164 valence electrons. The first-order valence-corrected chi connectivity index (χ1v) is 12.3. The summed E-state index contributed by atoms with van der Waals surface area (Å²) in [5.41, 5.74) is 7.46. The smallest absolute Gasteiger partial charge is 0.106 e. The van der Waals surface area contributed by atoms with Crippen LogP contribution in [-0.2, 0) is 6.42 Å². The van der Waals surface area contributed by atoms with Crippen molar-refractivity contribution in [2.45, 2.75) is 136 Å². The number of hydrogen-bond acceptors (Lipinski definition) is 2. The third-order valence-electron chi connectivity index (χ3n) is 5.85. The number of H-pyrrole nitrogens is 1. The molecule has 0 amide bonds. The lowest BCUT2D eigenvalue weighted by atomic mass is 10.00. The number of imidazole rings is 1. The van der Waals surface area contributed by atoms with E-state index < -0.39 is 0 Å². The van der Waals surface area contributed by atoms with Crippen LogP contribution in [-0.4, -0.2) is 16.0 Å². The zero-order valence-electron chi connectivity index (χ0n) is 19.3. The van der Waals surface area contributed by atoms with E-state index in [1.54, 1.807) is 0 Å². The Labute approximate surface area is 175 Å². The fraction of sp³-hybridized carbons (Fsp3) is 0.880. The third kappa shape index (κ3) is 15.1. The summed E-state index contributed by atoms with van der Waals surface area (Å²) in [5.74, 6) is 2.02. The lowest BCUT2D eigenvalue weighted by molar-refractivity contribution is 0.473. The molecule has 0 aromatic carbocycles. The standard InChI is InChI=1S/C25H49N3/c1-22(2)17-13-9-8-11-15-19-24(26)18-14-10-6-4-5-7-12-16-20-25-27-21-23(3)28-25/h21-22,24H,4-20,26H2,1-3H3,(H,27,28). The molecule has 0 saturated carbocycles. The Balaban J connectivity index is 1.76. The first-order chi connectivity index (χ1) is 13.6. The van der Waals surface area contributed by atoms with E-state index in [0.29, 0.717) is 6.04 Å². The van der Waals surface area contributed by atoms with Crippen molar-refractivity contribution in [1.29, 1.82) is 0 Å². The Bertz CT molecular complexity index is 452. The van der Waals surface area contributed by atoms with Gasteiger partial charge < -0.3 is 10.7 Å². The molecule has 3 heteroatoms. The highest BCUT2D eigenvalue weighted by molar-refractivity contribution is 4.98. The molecule has 1 heterocycles. The number of aromatic amines is 1. The van der Waals surface area contributed by atoms with Crippen LogP contribution in [0.15, 0.2) is 6.20 Å². The summed E-state index contributed by atoms with van der Waals surface area (Å²) < 4.78 is 0. The van der Waals surface area contributed by atoms with Crippen LogP contribution in [0.3, 0.4) is 0 Å². The molecule has 1 rings (SSSR count). The maximum absolute atomic E-state index is 6.29. The van der Waals surface area contributed by atoms with E-state index in [4.69, 9.17) is 5.73 Å². The highest BCUT2D eigenvalue weighted by Gasteiger charge is 2.03. The SMILES string of the molecule is Cc1cnc(CCCCCCCCCCC(N)CCCCCCCC(C)C)[nH]1. The second-order valence-corrected chi connectivity index (χ2v) is 9.38. The number of hydrogen-bond donors (Lipinski definition) is 2. The first kappa shape index (κ1) is 25.2. The summed E-state index contributed by atoms with van der Waals surface area (Å²) >= 11 is 0. The quantitative estimate of drug-likeness (QED) is 0.240. The zero-order valence-corrected chi connectivity index (χ0v) is 19.3. The summed E-state index contributed by atoms with van der Waals surface area (Å²) in [6.45, 7) is 6.72. The number of rotatable bonds is 19. The lowest BCUT2D eigenvalue weighted by Crippen LogP contribution is -2.19. The van der Waals surface area contributed by atoms with E-state index in [1.807, 2.05) is 6.20 Å². The molecule has 0 spiro atoms. The van der Waals surface area contributed by atoms with Crippen LogP contribution in [0.1, 0.15) is 128 Å². The highest BCUT2D eigenvalue weighted by atomic mass is 14.9. The van der Waals surface area contributed by atoms with Crippen molar-refractivity contribution in [3.63, 3.8) is 0 Å². The number of nitrogens with two attached hydrogens (primary N) is 1. The van der Waals surface area contributed by atoms with Crippen molar-refractivity contribution < 1.29 is 0 Å². The Morgan fingerprint density at radius 2 is 1.21 bits per heavy atom. The van der Waals surface area contributed by atoms with Gasteiger partial charge in [0.05, 0.1) is 0 Å². The van der Waals surface area contributed by atoms with Crippen molar-refractivity contribution >= 4 is 0 Å². The maximum Gasteiger partial charge on any atom is 0.106 e. The molecule has 0 bridgehead atoms. The molecule has 0 fully saturated rings. The van der Waals surface area contributed by atoms with E-state index in [2.05, 4.69) is 30.7 Å². The topological polar surface area (TPSA) is 54.7 Å². The summed E-state index contributed by atoms with van der Waals surface area (Å²) in [6, 6.07) is 0.445. The van der Waals surface area contributed by atoms with E-state index >= 15 is 0 Å². The molecule has 1 atom stereocenters. The van der Waals surface area contributed by atoms with Crippen LogP contribution in [0.2, 0.25) is 0 Å². The molecule has 0 radical (unpaired) electrons. The molecule has 1 unspecified atom stereocenters. The van der Waals surface area contributed by atoms with E-state index in [-0.39, 0.29) is 0 Å². The maximum atomic E-state index is 6.29. The predicted octanol–water partition coefficient (Wildman–Crippen LogP) is 7.49. The van der Waals surface area contributed by atoms with E-state index in [1.165, 1.54) is 108 Å². The highest BCUT2D eigenvalue weighted by Crippen LogP contribution is 2.15. The predicted molar refractivity (Wildman–Crippen MR) is 124 cm³/mol. The van der Waals surface area contributed by atoms with Crippen LogP contribution in [0.5, 0.6) is 0 Å².